The second-order valence-corrected chi connectivity index (χ2v) is 6.38. The summed E-state index contributed by atoms with van der Waals surface area (Å²) in [6.45, 7) is 4.52. The molecule has 2 aromatic carbocycles. The lowest BCUT2D eigenvalue weighted by Gasteiger charge is -2.16. The summed E-state index contributed by atoms with van der Waals surface area (Å²) in [6.07, 6.45) is 2.87. The third kappa shape index (κ3) is 3.60. The van der Waals surface area contributed by atoms with Crippen molar-refractivity contribution in [2.45, 2.75) is 32.3 Å². The number of benzene rings is 2. The molecule has 24 heavy (non-hydrogen) atoms. The van der Waals surface area contributed by atoms with Gasteiger partial charge in [-0.05, 0) is 68.3 Å². The molecular weight excluding hydrogens is 303 g/mol. The van der Waals surface area contributed by atoms with Crippen molar-refractivity contribution in [3.63, 3.8) is 0 Å². The number of aromatic amines is 1. The van der Waals surface area contributed by atoms with E-state index < -0.39 is 0 Å². The van der Waals surface area contributed by atoms with E-state index in [1.54, 1.807) is 12.1 Å². The molecule has 126 valence electrons. The first-order chi connectivity index (χ1) is 11.6. The molecule has 0 aliphatic carbocycles. The van der Waals surface area contributed by atoms with Crippen molar-refractivity contribution in [2.24, 2.45) is 5.73 Å². The second-order valence-electron chi connectivity index (χ2n) is 6.38. The molecule has 0 spiro atoms. The Hall–Kier alpha value is -2.33. The molecule has 0 bridgehead atoms. The van der Waals surface area contributed by atoms with E-state index >= 15 is 0 Å². The van der Waals surface area contributed by atoms with Crippen LogP contribution in [0.5, 0.6) is 5.75 Å². The van der Waals surface area contributed by atoms with Crippen molar-refractivity contribution in [1.82, 2.24) is 4.98 Å². The topological polar surface area (TPSA) is 51.0 Å². The van der Waals surface area contributed by atoms with Crippen LogP contribution in [-0.4, -0.2) is 17.6 Å². The molecule has 3 N–H and O–H groups in total. The highest BCUT2D eigenvalue weighted by Crippen LogP contribution is 2.29. The number of hydrogen-bond acceptors (Lipinski definition) is 2. The molecule has 3 aromatic rings. The van der Waals surface area contributed by atoms with Gasteiger partial charge in [0.05, 0.1) is 6.10 Å². The molecule has 0 saturated heterocycles. The molecular formula is C20H23FN2O. The summed E-state index contributed by atoms with van der Waals surface area (Å²) >= 11 is 0. The van der Waals surface area contributed by atoms with Gasteiger partial charge in [-0.25, -0.2) is 4.39 Å². The fraction of sp³-hybridized carbons (Fsp3) is 0.300. The van der Waals surface area contributed by atoms with Crippen LogP contribution in [0.25, 0.3) is 10.9 Å². The van der Waals surface area contributed by atoms with Crippen LogP contribution in [0.3, 0.4) is 0 Å². The summed E-state index contributed by atoms with van der Waals surface area (Å²) in [7, 11) is 0. The lowest BCUT2D eigenvalue weighted by molar-refractivity contribution is 0.242. The summed E-state index contributed by atoms with van der Waals surface area (Å²) in [5.41, 5.74) is 9.17. The van der Waals surface area contributed by atoms with Gasteiger partial charge in [-0.2, -0.15) is 0 Å². The third-order valence-electron chi connectivity index (χ3n) is 4.15. The van der Waals surface area contributed by atoms with E-state index in [2.05, 4.69) is 17.1 Å². The van der Waals surface area contributed by atoms with Crippen molar-refractivity contribution in [2.75, 3.05) is 6.54 Å². The number of nitrogens with one attached hydrogen (secondary N) is 1. The Labute approximate surface area is 141 Å². The molecule has 1 heterocycles. The lowest BCUT2D eigenvalue weighted by atomic mass is 9.91. The normalized spacial score (nSPS) is 12.7. The van der Waals surface area contributed by atoms with Crippen molar-refractivity contribution < 1.29 is 9.13 Å². The Bertz CT molecular complexity index is 825. The minimum absolute atomic E-state index is 0.120. The Balaban J connectivity index is 1.87. The van der Waals surface area contributed by atoms with Crippen LogP contribution >= 0.6 is 0 Å². The summed E-state index contributed by atoms with van der Waals surface area (Å²) in [5, 5.41) is 0.903. The Morgan fingerprint density at radius 3 is 2.75 bits per heavy atom. The van der Waals surface area contributed by atoms with E-state index in [1.807, 2.05) is 32.2 Å². The molecule has 1 aromatic heterocycles. The highest BCUT2D eigenvalue weighted by molar-refractivity contribution is 5.83. The quantitative estimate of drug-likeness (QED) is 0.706. The predicted octanol–water partition coefficient (Wildman–Crippen LogP) is 4.38. The van der Waals surface area contributed by atoms with Gasteiger partial charge in [0, 0.05) is 23.0 Å². The summed E-state index contributed by atoms with van der Waals surface area (Å²) in [6, 6.07) is 12.9. The highest BCUT2D eigenvalue weighted by Gasteiger charge is 2.16. The van der Waals surface area contributed by atoms with Crippen LogP contribution in [0, 0.1) is 5.82 Å². The van der Waals surface area contributed by atoms with E-state index in [0.29, 0.717) is 6.54 Å². The molecule has 0 saturated carbocycles. The Kier molecular flexibility index (Phi) is 4.86. The van der Waals surface area contributed by atoms with Crippen LogP contribution in [-0.2, 0) is 6.42 Å². The van der Waals surface area contributed by atoms with Crippen molar-refractivity contribution in [3.05, 3.63) is 65.6 Å². The van der Waals surface area contributed by atoms with Crippen LogP contribution < -0.4 is 10.5 Å². The average Bonchev–Trinajstić information content (AvgIpc) is 2.95. The van der Waals surface area contributed by atoms with Gasteiger partial charge in [0.15, 0.2) is 0 Å². The minimum Gasteiger partial charge on any atom is -0.491 e. The number of ether oxygens (including phenoxy) is 1. The first kappa shape index (κ1) is 16.5. The maximum atomic E-state index is 13.6. The number of fused-ring (bicyclic) bond motifs is 1. The number of hydrogen-bond donors (Lipinski definition) is 2. The monoisotopic (exact) mass is 326 g/mol. The second kappa shape index (κ2) is 7.05. The Morgan fingerprint density at radius 1 is 1.17 bits per heavy atom. The highest BCUT2D eigenvalue weighted by atomic mass is 19.1. The Morgan fingerprint density at radius 2 is 2.00 bits per heavy atom. The average molecular weight is 326 g/mol. The van der Waals surface area contributed by atoms with Crippen molar-refractivity contribution in [3.8, 4) is 5.75 Å². The van der Waals surface area contributed by atoms with E-state index in [1.165, 1.54) is 6.07 Å². The van der Waals surface area contributed by atoms with Gasteiger partial charge in [-0.1, -0.05) is 12.1 Å². The maximum Gasteiger partial charge on any atom is 0.123 e. The molecule has 1 atom stereocenters. The van der Waals surface area contributed by atoms with E-state index in [-0.39, 0.29) is 17.8 Å². The first-order valence-corrected chi connectivity index (χ1v) is 8.29. The van der Waals surface area contributed by atoms with Gasteiger partial charge < -0.3 is 15.5 Å². The zero-order valence-corrected chi connectivity index (χ0v) is 14.1. The van der Waals surface area contributed by atoms with Crippen molar-refractivity contribution >= 4 is 10.9 Å². The fourth-order valence-corrected chi connectivity index (χ4v) is 3.07. The largest absolute Gasteiger partial charge is 0.491 e. The van der Waals surface area contributed by atoms with Crippen LogP contribution in [0.2, 0.25) is 0 Å². The van der Waals surface area contributed by atoms with Crippen LogP contribution in [0.4, 0.5) is 4.39 Å². The standard InChI is InChI=1S/C20H23FN2O/c1-13(2)24-17-5-3-4-14(9-17)8-15(11-22)19-12-23-20-7-6-16(21)10-18(19)20/h3-7,9-10,12-13,15,23H,8,11,22H2,1-2H3. The van der Waals surface area contributed by atoms with Crippen molar-refractivity contribution in [1.29, 1.82) is 0 Å². The summed E-state index contributed by atoms with van der Waals surface area (Å²) < 4.78 is 19.4. The van der Waals surface area contributed by atoms with Gasteiger partial charge in [0.1, 0.15) is 11.6 Å². The van der Waals surface area contributed by atoms with E-state index in [4.69, 9.17) is 10.5 Å². The molecule has 0 radical (unpaired) electrons. The molecule has 1 unspecified atom stereocenters. The van der Waals surface area contributed by atoms with Gasteiger partial charge >= 0.3 is 0 Å². The number of halogens is 1. The minimum atomic E-state index is -0.230. The molecule has 0 fully saturated rings. The first-order valence-electron chi connectivity index (χ1n) is 8.29. The molecule has 4 heteroatoms. The molecule has 3 nitrogen and oxygen atoms in total. The zero-order valence-electron chi connectivity index (χ0n) is 14.1. The predicted molar refractivity (Wildman–Crippen MR) is 96.0 cm³/mol. The fourth-order valence-electron chi connectivity index (χ4n) is 3.07. The number of H-pyrrole nitrogens is 1. The molecule has 0 aliphatic rings. The smallest absolute Gasteiger partial charge is 0.123 e. The molecule has 0 amide bonds. The maximum absolute atomic E-state index is 13.6. The summed E-state index contributed by atoms with van der Waals surface area (Å²) in [5.74, 6) is 0.754. The zero-order chi connectivity index (χ0) is 17.1. The summed E-state index contributed by atoms with van der Waals surface area (Å²) in [4.78, 5) is 3.21. The SMILES string of the molecule is CC(C)Oc1cccc(CC(CN)c2c[nH]c3ccc(F)cc23)c1. The third-order valence-corrected chi connectivity index (χ3v) is 4.15. The number of aromatic nitrogens is 1. The van der Waals surface area contributed by atoms with Gasteiger partial charge in [0.25, 0.3) is 0 Å². The lowest BCUT2D eigenvalue weighted by Crippen LogP contribution is -2.15. The number of nitrogens with two attached hydrogens (primary N) is 1. The van der Waals surface area contributed by atoms with Crippen LogP contribution in [0.1, 0.15) is 30.9 Å². The van der Waals surface area contributed by atoms with E-state index in [9.17, 15) is 4.39 Å². The number of rotatable bonds is 6. The van der Waals surface area contributed by atoms with E-state index in [0.717, 1.165) is 34.2 Å². The van der Waals surface area contributed by atoms with Gasteiger partial charge in [-0.15, -0.1) is 0 Å². The molecule has 0 aliphatic heterocycles. The van der Waals surface area contributed by atoms with Gasteiger partial charge in [0.2, 0.25) is 0 Å². The van der Waals surface area contributed by atoms with Crippen LogP contribution in [0.15, 0.2) is 48.7 Å². The van der Waals surface area contributed by atoms with Gasteiger partial charge in [-0.3, -0.25) is 0 Å². The molecule has 3 rings (SSSR count).